The van der Waals surface area contributed by atoms with Crippen LogP contribution in [0.1, 0.15) is 26.3 Å². The van der Waals surface area contributed by atoms with Crippen LogP contribution >= 0.6 is 11.3 Å². The molecule has 3 nitrogen and oxygen atoms in total. The summed E-state index contributed by atoms with van der Waals surface area (Å²) in [6, 6.07) is 2.37. The lowest BCUT2D eigenvalue weighted by atomic mass is 10.1. The Balaban J connectivity index is 2.60. The van der Waals surface area contributed by atoms with Gasteiger partial charge in [-0.05, 0) is 49.2 Å². The van der Waals surface area contributed by atoms with Crippen molar-refractivity contribution < 1.29 is 9.47 Å². The molecule has 1 N–H and O–H groups in total. The number of ether oxygens (including phenoxy) is 2. The number of thiophene rings is 1. The summed E-state index contributed by atoms with van der Waals surface area (Å²) in [6.07, 6.45) is 0.784. The van der Waals surface area contributed by atoms with E-state index in [1.54, 1.807) is 11.3 Å². The topological polar surface area (TPSA) is 30.5 Å². The van der Waals surface area contributed by atoms with Crippen LogP contribution in [0.5, 0.6) is 0 Å². The van der Waals surface area contributed by atoms with Crippen LogP contribution in [0.3, 0.4) is 0 Å². The van der Waals surface area contributed by atoms with E-state index in [1.807, 2.05) is 13.8 Å². The minimum atomic E-state index is -0.162. The van der Waals surface area contributed by atoms with E-state index in [1.165, 1.54) is 5.56 Å². The Bertz CT molecular complexity index is 271. The quantitative estimate of drug-likeness (QED) is 0.690. The van der Waals surface area contributed by atoms with Crippen molar-refractivity contribution in [3.05, 3.63) is 22.4 Å². The van der Waals surface area contributed by atoms with E-state index in [4.69, 9.17) is 9.47 Å². The summed E-state index contributed by atoms with van der Waals surface area (Å²) in [5, 5.41) is 7.73. The molecule has 1 rings (SSSR count). The van der Waals surface area contributed by atoms with E-state index in [-0.39, 0.29) is 12.3 Å². The molecule has 0 saturated heterocycles. The summed E-state index contributed by atoms with van der Waals surface area (Å²) in [6.45, 7) is 8.38. The maximum Gasteiger partial charge on any atom is 0.172 e. The van der Waals surface area contributed by atoms with Crippen LogP contribution in [0.4, 0.5) is 0 Å². The van der Waals surface area contributed by atoms with Gasteiger partial charge >= 0.3 is 0 Å². The van der Waals surface area contributed by atoms with Crippen LogP contribution in [0.2, 0.25) is 0 Å². The highest BCUT2D eigenvalue weighted by Gasteiger charge is 2.21. The summed E-state index contributed by atoms with van der Waals surface area (Å²) >= 11 is 1.73. The summed E-state index contributed by atoms with van der Waals surface area (Å²) < 4.78 is 11.3. The molecule has 4 heteroatoms. The molecule has 1 unspecified atom stereocenters. The van der Waals surface area contributed by atoms with Crippen molar-refractivity contribution in [3.63, 3.8) is 0 Å². The van der Waals surface area contributed by atoms with Gasteiger partial charge in [0.1, 0.15) is 0 Å². The standard InChI is InChI=1S/C13H23NO2S/c1-4-14-12(9-11-7-8-17-10-11)13(15-5-2)16-6-3/h7-8,10,12-14H,4-6,9H2,1-3H3. The minimum Gasteiger partial charge on any atom is -0.351 e. The lowest BCUT2D eigenvalue weighted by molar-refractivity contribution is -0.153. The Kier molecular flexibility index (Phi) is 7.44. The second-order valence-corrected chi connectivity index (χ2v) is 4.56. The highest BCUT2D eigenvalue weighted by Crippen LogP contribution is 2.13. The lowest BCUT2D eigenvalue weighted by Crippen LogP contribution is -2.44. The smallest absolute Gasteiger partial charge is 0.172 e. The van der Waals surface area contributed by atoms with Crippen molar-refractivity contribution in [1.82, 2.24) is 5.32 Å². The molecular weight excluding hydrogens is 234 g/mol. The third-order valence-corrected chi connectivity index (χ3v) is 3.22. The first kappa shape index (κ1) is 14.6. The van der Waals surface area contributed by atoms with Crippen LogP contribution in [-0.4, -0.2) is 32.1 Å². The van der Waals surface area contributed by atoms with E-state index < -0.39 is 0 Å². The molecule has 17 heavy (non-hydrogen) atoms. The van der Waals surface area contributed by atoms with Crippen LogP contribution < -0.4 is 5.32 Å². The second-order valence-electron chi connectivity index (χ2n) is 3.78. The van der Waals surface area contributed by atoms with Gasteiger partial charge in [-0.3, -0.25) is 0 Å². The average molecular weight is 257 g/mol. The number of nitrogens with one attached hydrogen (secondary N) is 1. The van der Waals surface area contributed by atoms with E-state index in [0.717, 1.165) is 13.0 Å². The molecule has 0 saturated carbocycles. The SMILES string of the molecule is CCNC(Cc1ccsc1)C(OCC)OCC. The first-order valence-electron chi connectivity index (χ1n) is 6.29. The molecule has 1 heterocycles. The van der Waals surface area contributed by atoms with Gasteiger partial charge in [-0.1, -0.05) is 6.92 Å². The molecule has 0 spiro atoms. The molecule has 0 aliphatic carbocycles. The van der Waals surface area contributed by atoms with Gasteiger partial charge in [-0.25, -0.2) is 0 Å². The van der Waals surface area contributed by atoms with E-state index >= 15 is 0 Å². The molecule has 0 fully saturated rings. The Morgan fingerprint density at radius 1 is 1.24 bits per heavy atom. The van der Waals surface area contributed by atoms with Gasteiger partial charge in [0.25, 0.3) is 0 Å². The van der Waals surface area contributed by atoms with E-state index in [9.17, 15) is 0 Å². The average Bonchev–Trinajstić information content (AvgIpc) is 2.81. The molecule has 0 bridgehead atoms. The molecular formula is C13H23NO2S. The predicted molar refractivity (Wildman–Crippen MR) is 72.5 cm³/mol. The third kappa shape index (κ3) is 5.17. The summed E-state index contributed by atoms with van der Waals surface area (Å²) in [5.41, 5.74) is 1.34. The van der Waals surface area contributed by atoms with Gasteiger partial charge in [0.15, 0.2) is 6.29 Å². The molecule has 1 aromatic rings. The molecule has 0 aromatic carbocycles. The van der Waals surface area contributed by atoms with Gasteiger partial charge in [0.2, 0.25) is 0 Å². The summed E-state index contributed by atoms with van der Waals surface area (Å²) in [7, 11) is 0. The Morgan fingerprint density at radius 2 is 1.94 bits per heavy atom. The fraction of sp³-hybridized carbons (Fsp3) is 0.692. The van der Waals surface area contributed by atoms with Crippen molar-refractivity contribution in [2.75, 3.05) is 19.8 Å². The van der Waals surface area contributed by atoms with Crippen LogP contribution in [0.15, 0.2) is 16.8 Å². The Hall–Kier alpha value is -0.420. The van der Waals surface area contributed by atoms with Crippen LogP contribution in [-0.2, 0) is 15.9 Å². The van der Waals surface area contributed by atoms with Crippen LogP contribution in [0, 0.1) is 0 Å². The van der Waals surface area contributed by atoms with Gasteiger partial charge < -0.3 is 14.8 Å². The first-order valence-corrected chi connectivity index (χ1v) is 7.23. The zero-order valence-electron chi connectivity index (χ0n) is 10.9. The van der Waals surface area contributed by atoms with Gasteiger partial charge in [0, 0.05) is 13.2 Å². The molecule has 1 atom stereocenters. The lowest BCUT2D eigenvalue weighted by Gasteiger charge is -2.27. The number of likely N-dealkylation sites (N-methyl/N-ethyl adjacent to an activating group) is 1. The number of hydrogen-bond donors (Lipinski definition) is 1. The minimum absolute atomic E-state index is 0.162. The molecule has 98 valence electrons. The maximum absolute atomic E-state index is 5.66. The first-order chi connectivity index (χ1) is 8.31. The molecule has 0 radical (unpaired) electrons. The van der Waals surface area contributed by atoms with Gasteiger partial charge in [0.05, 0.1) is 6.04 Å². The van der Waals surface area contributed by atoms with E-state index in [0.29, 0.717) is 13.2 Å². The highest BCUT2D eigenvalue weighted by molar-refractivity contribution is 7.07. The normalized spacial score (nSPS) is 13.2. The summed E-state index contributed by atoms with van der Waals surface area (Å²) in [4.78, 5) is 0. The summed E-state index contributed by atoms with van der Waals surface area (Å²) in [5.74, 6) is 0. The maximum atomic E-state index is 5.66. The van der Waals surface area contributed by atoms with Crippen molar-refractivity contribution >= 4 is 11.3 Å². The number of rotatable bonds is 9. The second kappa shape index (κ2) is 8.64. The molecule has 0 aliphatic heterocycles. The van der Waals surface area contributed by atoms with Gasteiger partial charge in [-0.15, -0.1) is 0 Å². The zero-order valence-corrected chi connectivity index (χ0v) is 11.8. The van der Waals surface area contributed by atoms with Crippen molar-refractivity contribution in [2.45, 2.75) is 39.5 Å². The molecule has 0 aliphatic rings. The Labute approximate surface area is 108 Å². The van der Waals surface area contributed by atoms with E-state index in [2.05, 4.69) is 29.1 Å². The fourth-order valence-electron chi connectivity index (χ4n) is 1.80. The largest absolute Gasteiger partial charge is 0.351 e. The number of hydrogen-bond acceptors (Lipinski definition) is 4. The molecule has 0 amide bonds. The monoisotopic (exact) mass is 257 g/mol. The molecule has 1 aromatic heterocycles. The van der Waals surface area contributed by atoms with Crippen molar-refractivity contribution in [2.24, 2.45) is 0 Å². The fourth-order valence-corrected chi connectivity index (χ4v) is 2.48. The highest BCUT2D eigenvalue weighted by atomic mass is 32.1. The van der Waals surface area contributed by atoms with Gasteiger partial charge in [-0.2, -0.15) is 11.3 Å². The predicted octanol–water partition coefficient (Wildman–Crippen LogP) is 2.67. The Morgan fingerprint density at radius 3 is 2.41 bits per heavy atom. The zero-order chi connectivity index (χ0) is 12.5. The van der Waals surface area contributed by atoms with Crippen LogP contribution in [0.25, 0.3) is 0 Å². The van der Waals surface area contributed by atoms with Crippen molar-refractivity contribution in [1.29, 1.82) is 0 Å². The van der Waals surface area contributed by atoms with Crippen molar-refractivity contribution in [3.8, 4) is 0 Å². The third-order valence-electron chi connectivity index (χ3n) is 2.49.